The molecule has 1 aromatic carbocycles. The topological polar surface area (TPSA) is 69.6 Å². The maximum absolute atomic E-state index is 12.8. The van der Waals surface area contributed by atoms with Crippen molar-refractivity contribution in [2.75, 3.05) is 13.2 Å². The molecule has 1 rings (SSSR count). The van der Waals surface area contributed by atoms with Crippen molar-refractivity contribution in [1.29, 1.82) is 0 Å². The number of carbonyl (C=O) groups is 2. The molecule has 2 amide bonds. The van der Waals surface area contributed by atoms with E-state index in [1.165, 1.54) is 24.0 Å². The molecule has 0 aliphatic heterocycles. The van der Waals surface area contributed by atoms with Crippen LogP contribution >= 0.6 is 0 Å². The average Bonchev–Trinajstić information content (AvgIpc) is 2.43. The van der Waals surface area contributed by atoms with E-state index in [1.807, 2.05) is 0 Å². The van der Waals surface area contributed by atoms with Gasteiger partial charge in [-0.3, -0.25) is 9.59 Å². The van der Waals surface area contributed by atoms with Gasteiger partial charge in [0.25, 0.3) is 0 Å². The minimum absolute atomic E-state index is 0.144. The van der Waals surface area contributed by atoms with Gasteiger partial charge >= 0.3 is 0 Å². The highest BCUT2D eigenvalue weighted by atomic mass is 19.1. The van der Waals surface area contributed by atoms with Gasteiger partial charge in [-0.05, 0) is 24.6 Å². The molecule has 5 nitrogen and oxygen atoms in total. The number of benzene rings is 1. The van der Waals surface area contributed by atoms with Crippen LogP contribution in [-0.2, 0) is 16.1 Å². The van der Waals surface area contributed by atoms with Gasteiger partial charge in [0.15, 0.2) is 0 Å². The summed E-state index contributed by atoms with van der Waals surface area (Å²) in [5.74, 6) is -0.936. The standard InChI is InChI=1S/C14H19FN2O3/c1-10(14(20)16-7-8-18)17(11(2)19)9-12-3-5-13(15)6-4-12/h3-6,10,18H,7-9H2,1-2H3,(H,16,20)/t10-/m1/s1. The monoisotopic (exact) mass is 282 g/mol. The molecule has 0 saturated heterocycles. The summed E-state index contributed by atoms with van der Waals surface area (Å²) >= 11 is 0. The summed E-state index contributed by atoms with van der Waals surface area (Å²) in [6.07, 6.45) is 0. The second-order valence-corrected chi connectivity index (χ2v) is 4.46. The summed E-state index contributed by atoms with van der Waals surface area (Å²) in [5.41, 5.74) is 0.739. The van der Waals surface area contributed by atoms with Crippen molar-refractivity contribution in [2.24, 2.45) is 0 Å². The Balaban J connectivity index is 2.75. The summed E-state index contributed by atoms with van der Waals surface area (Å²) in [7, 11) is 0. The van der Waals surface area contributed by atoms with Crippen molar-refractivity contribution in [3.05, 3.63) is 35.6 Å². The Morgan fingerprint density at radius 2 is 1.95 bits per heavy atom. The van der Waals surface area contributed by atoms with E-state index in [4.69, 9.17) is 5.11 Å². The van der Waals surface area contributed by atoms with Gasteiger partial charge in [0, 0.05) is 20.0 Å². The number of halogens is 1. The zero-order valence-electron chi connectivity index (χ0n) is 11.6. The van der Waals surface area contributed by atoms with Gasteiger partial charge in [0.05, 0.1) is 6.61 Å². The van der Waals surface area contributed by atoms with Crippen LogP contribution < -0.4 is 5.32 Å². The number of aliphatic hydroxyl groups excluding tert-OH is 1. The molecule has 0 saturated carbocycles. The molecule has 1 atom stereocenters. The van der Waals surface area contributed by atoms with E-state index in [2.05, 4.69) is 5.32 Å². The molecule has 0 fully saturated rings. The second kappa shape index (κ2) is 7.59. The molecule has 0 radical (unpaired) electrons. The van der Waals surface area contributed by atoms with E-state index >= 15 is 0 Å². The van der Waals surface area contributed by atoms with Crippen LogP contribution in [0.25, 0.3) is 0 Å². The summed E-state index contributed by atoms with van der Waals surface area (Å²) in [5, 5.41) is 11.2. The molecule has 6 heteroatoms. The minimum atomic E-state index is -0.663. The van der Waals surface area contributed by atoms with Crippen LogP contribution in [-0.4, -0.2) is 41.0 Å². The Labute approximate surface area is 117 Å². The molecule has 110 valence electrons. The van der Waals surface area contributed by atoms with Gasteiger partial charge in [-0.15, -0.1) is 0 Å². The third-order valence-electron chi connectivity index (χ3n) is 2.93. The Kier molecular flexibility index (Phi) is 6.11. The predicted octanol–water partition coefficient (Wildman–Crippen LogP) is 0.671. The van der Waals surface area contributed by atoms with Crippen LogP contribution in [0.4, 0.5) is 4.39 Å². The van der Waals surface area contributed by atoms with E-state index in [1.54, 1.807) is 19.1 Å². The molecule has 0 spiro atoms. The molecule has 1 aromatic rings. The van der Waals surface area contributed by atoms with Crippen LogP contribution in [0.15, 0.2) is 24.3 Å². The number of aliphatic hydroxyl groups is 1. The molecular formula is C14H19FN2O3. The summed E-state index contributed by atoms with van der Waals surface area (Å²) in [4.78, 5) is 24.9. The second-order valence-electron chi connectivity index (χ2n) is 4.46. The van der Waals surface area contributed by atoms with E-state index in [9.17, 15) is 14.0 Å². The van der Waals surface area contributed by atoms with Gasteiger partial charge in [0.1, 0.15) is 11.9 Å². The first kappa shape index (κ1) is 16.1. The smallest absolute Gasteiger partial charge is 0.242 e. The lowest BCUT2D eigenvalue weighted by Gasteiger charge is -2.27. The normalized spacial score (nSPS) is 11.8. The number of nitrogens with zero attached hydrogens (tertiary/aromatic N) is 1. The highest BCUT2D eigenvalue weighted by Crippen LogP contribution is 2.10. The lowest BCUT2D eigenvalue weighted by Crippen LogP contribution is -2.47. The van der Waals surface area contributed by atoms with E-state index < -0.39 is 6.04 Å². The van der Waals surface area contributed by atoms with Crippen LogP contribution in [0, 0.1) is 5.82 Å². The number of nitrogens with one attached hydrogen (secondary N) is 1. The van der Waals surface area contributed by atoms with E-state index in [0.29, 0.717) is 0 Å². The lowest BCUT2D eigenvalue weighted by atomic mass is 10.1. The maximum atomic E-state index is 12.8. The molecule has 20 heavy (non-hydrogen) atoms. The fourth-order valence-electron chi connectivity index (χ4n) is 1.78. The van der Waals surface area contributed by atoms with Crippen molar-refractivity contribution in [1.82, 2.24) is 10.2 Å². The summed E-state index contributed by atoms with van der Waals surface area (Å²) in [6.45, 7) is 3.20. The Morgan fingerprint density at radius 1 is 1.35 bits per heavy atom. The Hall–Kier alpha value is -1.95. The lowest BCUT2D eigenvalue weighted by molar-refractivity contribution is -0.139. The van der Waals surface area contributed by atoms with Gasteiger partial charge < -0.3 is 15.3 Å². The fraction of sp³-hybridized carbons (Fsp3) is 0.429. The van der Waals surface area contributed by atoms with Crippen LogP contribution in [0.1, 0.15) is 19.4 Å². The maximum Gasteiger partial charge on any atom is 0.242 e. The molecule has 0 aliphatic carbocycles. The van der Waals surface area contributed by atoms with E-state index in [-0.39, 0.29) is 37.3 Å². The minimum Gasteiger partial charge on any atom is -0.395 e. The molecular weight excluding hydrogens is 263 g/mol. The largest absolute Gasteiger partial charge is 0.395 e. The molecule has 0 bridgehead atoms. The van der Waals surface area contributed by atoms with E-state index in [0.717, 1.165) is 5.56 Å². The number of amides is 2. The number of hydrogen-bond donors (Lipinski definition) is 2. The quantitative estimate of drug-likeness (QED) is 0.806. The fourth-order valence-corrected chi connectivity index (χ4v) is 1.78. The predicted molar refractivity (Wildman–Crippen MR) is 72.2 cm³/mol. The molecule has 0 unspecified atom stereocenters. The van der Waals surface area contributed by atoms with Crippen molar-refractivity contribution in [2.45, 2.75) is 26.4 Å². The zero-order chi connectivity index (χ0) is 15.1. The molecule has 0 heterocycles. The van der Waals surface area contributed by atoms with Crippen molar-refractivity contribution in [3.8, 4) is 0 Å². The van der Waals surface area contributed by atoms with Crippen molar-refractivity contribution >= 4 is 11.8 Å². The summed E-state index contributed by atoms with van der Waals surface area (Å²) in [6, 6.07) is 5.10. The molecule has 0 aliphatic rings. The van der Waals surface area contributed by atoms with Crippen LogP contribution in [0.2, 0.25) is 0 Å². The van der Waals surface area contributed by atoms with Gasteiger partial charge in [-0.1, -0.05) is 12.1 Å². The number of carbonyl (C=O) groups excluding carboxylic acids is 2. The average molecular weight is 282 g/mol. The first-order chi connectivity index (χ1) is 9.45. The Morgan fingerprint density at radius 3 is 2.45 bits per heavy atom. The number of rotatable bonds is 6. The van der Waals surface area contributed by atoms with Crippen LogP contribution in [0.3, 0.4) is 0 Å². The van der Waals surface area contributed by atoms with Crippen LogP contribution in [0.5, 0.6) is 0 Å². The van der Waals surface area contributed by atoms with Gasteiger partial charge in [-0.2, -0.15) is 0 Å². The SMILES string of the molecule is CC(=O)N(Cc1ccc(F)cc1)[C@H](C)C(=O)NCCO. The Bertz CT molecular complexity index is 462. The molecule has 0 aromatic heterocycles. The van der Waals surface area contributed by atoms with Crippen molar-refractivity contribution in [3.63, 3.8) is 0 Å². The number of hydrogen-bond acceptors (Lipinski definition) is 3. The third-order valence-corrected chi connectivity index (χ3v) is 2.93. The summed E-state index contributed by atoms with van der Waals surface area (Å²) < 4.78 is 12.8. The van der Waals surface area contributed by atoms with Gasteiger partial charge in [-0.25, -0.2) is 4.39 Å². The first-order valence-electron chi connectivity index (χ1n) is 6.36. The van der Waals surface area contributed by atoms with Gasteiger partial charge in [0.2, 0.25) is 11.8 Å². The third kappa shape index (κ3) is 4.62. The first-order valence-corrected chi connectivity index (χ1v) is 6.36. The van der Waals surface area contributed by atoms with Crippen molar-refractivity contribution < 1.29 is 19.1 Å². The molecule has 2 N–H and O–H groups in total. The highest BCUT2D eigenvalue weighted by Gasteiger charge is 2.23. The zero-order valence-corrected chi connectivity index (χ0v) is 11.6. The highest BCUT2D eigenvalue weighted by molar-refractivity contribution is 5.86.